The zero-order valence-corrected chi connectivity index (χ0v) is 43.0. The highest BCUT2D eigenvalue weighted by atomic mass is 15.0. The second-order valence-electron chi connectivity index (χ2n) is 21.9. The normalized spacial score (nSPS) is 16.6. The molecule has 3 unspecified atom stereocenters. The molecule has 0 amide bonds. The van der Waals surface area contributed by atoms with Gasteiger partial charge in [-0.25, -0.2) is 34.9 Å². The van der Waals surface area contributed by atoms with E-state index >= 15 is 0 Å². The molecule has 12 heterocycles. The molecular formula is C69H42N12. The molecular weight excluding hydrogens is 997 g/mol. The van der Waals surface area contributed by atoms with E-state index in [0.29, 0.717) is 44.1 Å². The summed E-state index contributed by atoms with van der Waals surface area (Å²) in [6, 6.07) is 62.4. The van der Waals surface area contributed by atoms with Crippen LogP contribution < -0.4 is 5.32 Å². The Hall–Kier alpha value is -10.9. The lowest BCUT2D eigenvalue weighted by molar-refractivity contribution is 0.634. The minimum absolute atomic E-state index is 0.110. The van der Waals surface area contributed by atoms with Gasteiger partial charge in [-0.2, -0.15) is 0 Å². The van der Waals surface area contributed by atoms with E-state index in [4.69, 9.17) is 34.9 Å². The van der Waals surface area contributed by atoms with E-state index in [2.05, 4.69) is 219 Å². The Morgan fingerprint density at radius 1 is 0.346 bits per heavy atom. The first kappa shape index (κ1) is 43.2. The van der Waals surface area contributed by atoms with Gasteiger partial charge in [0.25, 0.3) is 0 Å². The van der Waals surface area contributed by atoms with Crippen LogP contribution in [0.1, 0.15) is 69.5 Å². The van der Waals surface area contributed by atoms with E-state index in [0.717, 1.165) is 140 Å². The minimum Gasteiger partial charge on any atom is -0.381 e. The standard InChI is InChI=1S/C69H42N12/c1-4-10-34(11-5-1)55-49-28-22-43(70-49)37-16-18-39-45-24-30-51(72-45)56(35-12-6-2-7-13-35)53-32-26-47(74-53)41-20-21-42-48-27-33-54(75-48)57(36-14-8-3-9-15-36)52-31-25-46(73-52)40-19-17-38(44-23-29-50(55)71-44)59-61(40)79-67-65(77-59)64-66(78-60(39)58(37)76-64)68-69(67)81-63(42)62(41)80-68/h1-26,28-33,48,55,57,70-71,73-75H,27H2. The number of nitrogens with one attached hydrogen (secondary N) is 5. The molecule has 3 atom stereocenters. The van der Waals surface area contributed by atoms with Crippen LogP contribution >= 0.6 is 0 Å². The maximum Gasteiger partial charge on any atom is 0.120 e. The zero-order chi connectivity index (χ0) is 52.6. The summed E-state index contributed by atoms with van der Waals surface area (Å²) in [4.78, 5) is 56.3. The summed E-state index contributed by atoms with van der Waals surface area (Å²) < 4.78 is 0. The SMILES string of the molecule is C1=Cc2nc1c(-c1ccccc1)c1ccc([nH]1)c1ccc3c4nc5c6nc7c(ccc8c7nc6c6nc7c(ccc2c7nc6c5nc41)-c1ccc([nH]1)C(c1ccccc1)c1ccc-8[nH]1)-c1ccc([nH]1)C(c1ccccc1)C1=CCC3N1. The molecule has 0 saturated carbocycles. The fourth-order valence-corrected chi connectivity index (χ4v) is 13.7. The number of fused-ring (bicyclic) bond motifs is 18. The Balaban J connectivity index is 1.03. The molecule has 0 saturated heterocycles. The minimum atomic E-state index is -0.160. The van der Waals surface area contributed by atoms with Gasteiger partial charge < -0.3 is 25.3 Å². The average molecular weight is 1040 g/mol. The lowest BCUT2D eigenvalue weighted by Crippen LogP contribution is -2.20. The van der Waals surface area contributed by atoms with Crippen molar-refractivity contribution in [2.24, 2.45) is 0 Å². The molecule has 8 aromatic heterocycles. The van der Waals surface area contributed by atoms with Crippen LogP contribution in [-0.2, 0) is 0 Å². The Morgan fingerprint density at radius 3 is 1.44 bits per heavy atom. The molecule has 0 aliphatic carbocycles. The highest BCUT2D eigenvalue weighted by Crippen LogP contribution is 2.46. The highest BCUT2D eigenvalue weighted by molar-refractivity contribution is 6.24. The monoisotopic (exact) mass is 1040 g/mol. The van der Waals surface area contributed by atoms with Crippen LogP contribution in [0.5, 0.6) is 0 Å². The van der Waals surface area contributed by atoms with Gasteiger partial charge in [-0.3, -0.25) is 0 Å². The maximum atomic E-state index is 5.88. The van der Waals surface area contributed by atoms with Crippen molar-refractivity contribution in [1.29, 1.82) is 0 Å². The maximum absolute atomic E-state index is 5.88. The van der Waals surface area contributed by atoms with Crippen LogP contribution in [-0.4, -0.2) is 54.8 Å². The van der Waals surface area contributed by atoms with Crippen molar-refractivity contribution in [3.05, 3.63) is 233 Å². The van der Waals surface area contributed by atoms with Gasteiger partial charge in [-0.05, 0) is 108 Å². The molecule has 7 aromatic carbocycles. The highest BCUT2D eigenvalue weighted by Gasteiger charge is 2.32. The van der Waals surface area contributed by atoms with Crippen molar-refractivity contribution in [1.82, 2.24) is 60.1 Å². The second-order valence-corrected chi connectivity index (χ2v) is 21.9. The fraction of sp³-hybridized carbons (Fsp3) is 0.0580. The molecule has 0 fully saturated rings. The Bertz CT molecular complexity index is 5380. The van der Waals surface area contributed by atoms with Crippen molar-refractivity contribution in [3.63, 3.8) is 0 Å². The number of hydrogen-bond donors (Lipinski definition) is 5. The largest absolute Gasteiger partial charge is 0.381 e. The Morgan fingerprint density at radius 2 is 0.827 bits per heavy atom. The van der Waals surface area contributed by atoms with Crippen LogP contribution in [0, 0.1) is 0 Å². The Kier molecular flexibility index (Phi) is 8.47. The molecule has 12 heteroatoms. The quantitative estimate of drug-likeness (QED) is 0.0862. The smallest absolute Gasteiger partial charge is 0.120 e. The average Bonchev–Trinajstić information content (AvgIpc) is 4.09. The van der Waals surface area contributed by atoms with Gasteiger partial charge in [0.15, 0.2) is 0 Å². The van der Waals surface area contributed by atoms with Gasteiger partial charge in [0.2, 0.25) is 0 Å². The summed E-state index contributed by atoms with van der Waals surface area (Å²) in [5.74, 6) is -0.270. The molecule has 19 rings (SSSR count). The summed E-state index contributed by atoms with van der Waals surface area (Å²) in [5.41, 5.74) is 26.4. The van der Waals surface area contributed by atoms with Crippen LogP contribution in [0.3, 0.4) is 0 Å². The number of nitrogens with zero attached hydrogens (tertiary/aromatic N) is 7. The molecule has 5 N–H and O–H groups in total. The second kappa shape index (κ2) is 15.9. The van der Waals surface area contributed by atoms with E-state index in [-0.39, 0.29) is 17.9 Å². The van der Waals surface area contributed by atoms with Crippen molar-refractivity contribution in [3.8, 4) is 44.9 Å². The first-order valence-corrected chi connectivity index (χ1v) is 27.6. The lowest BCUT2D eigenvalue weighted by Gasteiger charge is -2.22. The van der Waals surface area contributed by atoms with E-state index in [1.165, 1.54) is 5.56 Å². The molecule has 0 spiro atoms. The summed E-state index contributed by atoms with van der Waals surface area (Å²) in [6.45, 7) is 0. The third-order valence-corrected chi connectivity index (χ3v) is 17.4. The number of allylic oxidation sites excluding steroid dienone is 1. The van der Waals surface area contributed by atoms with Crippen LogP contribution in [0.15, 0.2) is 188 Å². The van der Waals surface area contributed by atoms with Crippen LogP contribution in [0.2, 0.25) is 0 Å². The van der Waals surface area contributed by atoms with Crippen molar-refractivity contribution >= 4 is 100 Å². The third-order valence-electron chi connectivity index (χ3n) is 17.4. The van der Waals surface area contributed by atoms with Crippen molar-refractivity contribution in [2.45, 2.75) is 24.3 Å². The molecule has 378 valence electrons. The Labute approximate surface area is 460 Å². The number of benzene rings is 7. The van der Waals surface area contributed by atoms with Gasteiger partial charge in [-0.15, -0.1) is 0 Å². The fourth-order valence-electron chi connectivity index (χ4n) is 13.7. The predicted octanol–water partition coefficient (Wildman–Crippen LogP) is 15.3. The molecule has 24 bridgehead atoms. The van der Waals surface area contributed by atoms with Crippen LogP contribution in [0.4, 0.5) is 0 Å². The molecule has 12 nitrogen and oxygen atoms in total. The van der Waals surface area contributed by atoms with Gasteiger partial charge in [0.05, 0.1) is 62.4 Å². The van der Waals surface area contributed by atoms with E-state index in [1.807, 2.05) is 0 Å². The summed E-state index contributed by atoms with van der Waals surface area (Å²) >= 11 is 0. The summed E-state index contributed by atoms with van der Waals surface area (Å²) in [6.07, 6.45) is 7.34. The van der Waals surface area contributed by atoms with Gasteiger partial charge in [-0.1, -0.05) is 109 Å². The van der Waals surface area contributed by atoms with E-state index in [9.17, 15) is 0 Å². The molecule has 81 heavy (non-hydrogen) atoms. The van der Waals surface area contributed by atoms with Crippen molar-refractivity contribution in [2.75, 3.05) is 0 Å². The molecule has 15 aromatic rings. The molecule has 0 radical (unpaired) electrons. The zero-order valence-electron chi connectivity index (χ0n) is 43.0. The number of hydrogen-bond acceptors (Lipinski definition) is 8. The van der Waals surface area contributed by atoms with Crippen LogP contribution in [0.25, 0.3) is 145 Å². The number of H-pyrrole nitrogens is 4. The number of aromatic nitrogens is 11. The summed E-state index contributed by atoms with van der Waals surface area (Å²) in [7, 11) is 0. The first-order chi connectivity index (χ1) is 40.1. The predicted molar refractivity (Wildman–Crippen MR) is 322 cm³/mol. The number of aromatic amines is 4. The van der Waals surface area contributed by atoms with Gasteiger partial charge >= 0.3 is 0 Å². The third kappa shape index (κ3) is 6.10. The number of rotatable bonds is 3. The first-order valence-electron chi connectivity index (χ1n) is 27.6. The van der Waals surface area contributed by atoms with E-state index in [1.54, 1.807) is 0 Å². The van der Waals surface area contributed by atoms with Gasteiger partial charge in [0.1, 0.15) is 33.1 Å². The van der Waals surface area contributed by atoms with Crippen molar-refractivity contribution < 1.29 is 0 Å². The molecule has 4 aliphatic heterocycles. The summed E-state index contributed by atoms with van der Waals surface area (Å²) in [5, 5.41) is 5.81. The van der Waals surface area contributed by atoms with Gasteiger partial charge in [0, 0.05) is 89.5 Å². The lowest BCUT2D eigenvalue weighted by atomic mass is 9.92. The molecule has 4 aliphatic rings. The van der Waals surface area contributed by atoms with E-state index < -0.39 is 0 Å². The topological polar surface area (TPSA) is 165 Å².